The van der Waals surface area contributed by atoms with Crippen molar-refractivity contribution in [3.8, 4) is 0 Å². The molecule has 3 nitrogen and oxygen atoms in total. The SMILES string of the molecule is CC(NCC(C)(O)C(C)C)C(C)c1nc2ccccc2s1. The lowest BCUT2D eigenvalue weighted by Crippen LogP contribution is -2.46. The van der Waals surface area contributed by atoms with Crippen molar-refractivity contribution >= 4 is 21.6 Å². The first-order valence-electron chi connectivity index (χ1n) is 7.62. The Morgan fingerprint density at radius 1 is 1.24 bits per heavy atom. The lowest BCUT2D eigenvalue weighted by molar-refractivity contribution is 0.0117. The number of hydrogen-bond acceptors (Lipinski definition) is 4. The fourth-order valence-electron chi connectivity index (χ4n) is 2.05. The summed E-state index contributed by atoms with van der Waals surface area (Å²) in [6.07, 6.45) is 0. The maximum Gasteiger partial charge on any atom is 0.0982 e. The van der Waals surface area contributed by atoms with E-state index in [1.165, 1.54) is 4.70 Å². The lowest BCUT2D eigenvalue weighted by Gasteiger charge is -2.31. The number of aromatic nitrogens is 1. The quantitative estimate of drug-likeness (QED) is 0.853. The van der Waals surface area contributed by atoms with E-state index in [0.717, 1.165) is 10.5 Å². The number of nitrogens with zero attached hydrogens (tertiary/aromatic N) is 1. The molecule has 0 saturated carbocycles. The number of nitrogens with one attached hydrogen (secondary N) is 1. The minimum absolute atomic E-state index is 0.231. The number of benzene rings is 1. The van der Waals surface area contributed by atoms with Crippen LogP contribution in [0.25, 0.3) is 10.2 Å². The van der Waals surface area contributed by atoms with Crippen LogP contribution in [0.5, 0.6) is 0 Å². The molecule has 3 atom stereocenters. The van der Waals surface area contributed by atoms with E-state index >= 15 is 0 Å². The first-order chi connectivity index (χ1) is 9.81. The number of aliphatic hydroxyl groups is 1. The highest BCUT2D eigenvalue weighted by Crippen LogP contribution is 2.29. The van der Waals surface area contributed by atoms with Crippen LogP contribution in [0.3, 0.4) is 0 Å². The summed E-state index contributed by atoms with van der Waals surface area (Å²) >= 11 is 1.76. The molecule has 0 bridgehead atoms. The van der Waals surface area contributed by atoms with Crippen molar-refractivity contribution in [2.24, 2.45) is 5.92 Å². The van der Waals surface area contributed by atoms with Crippen molar-refractivity contribution in [2.75, 3.05) is 6.54 Å². The maximum absolute atomic E-state index is 10.3. The summed E-state index contributed by atoms with van der Waals surface area (Å²) in [5.74, 6) is 0.556. The first kappa shape index (κ1) is 16.4. The molecule has 0 amide bonds. The van der Waals surface area contributed by atoms with E-state index in [2.05, 4.69) is 37.4 Å². The fraction of sp³-hybridized carbons (Fsp3) is 0.588. The molecule has 116 valence electrons. The van der Waals surface area contributed by atoms with Crippen molar-refractivity contribution in [1.29, 1.82) is 0 Å². The van der Waals surface area contributed by atoms with E-state index in [0.29, 0.717) is 12.5 Å². The fourth-order valence-corrected chi connectivity index (χ4v) is 3.17. The van der Waals surface area contributed by atoms with Gasteiger partial charge in [0, 0.05) is 18.5 Å². The van der Waals surface area contributed by atoms with Crippen molar-refractivity contribution in [3.63, 3.8) is 0 Å². The highest BCUT2D eigenvalue weighted by molar-refractivity contribution is 7.18. The average Bonchev–Trinajstić information content (AvgIpc) is 2.87. The van der Waals surface area contributed by atoms with Crippen LogP contribution in [0, 0.1) is 5.92 Å². The largest absolute Gasteiger partial charge is 0.389 e. The van der Waals surface area contributed by atoms with Gasteiger partial charge in [0.2, 0.25) is 0 Å². The smallest absolute Gasteiger partial charge is 0.0982 e. The predicted molar refractivity (Wildman–Crippen MR) is 91.0 cm³/mol. The normalized spacial score (nSPS) is 17.9. The van der Waals surface area contributed by atoms with Crippen molar-refractivity contribution in [3.05, 3.63) is 29.3 Å². The van der Waals surface area contributed by atoms with Gasteiger partial charge in [-0.05, 0) is 31.9 Å². The minimum Gasteiger partial charge on any atom is -0.389 e. The van der Waals surface area contributed by atoms with Gasteiger partial charge in [-0.2, -0.15) is 0 Å². The van der Waals surface area contributed by atoms with E-state index in [1.807, 2.05) is 26.8 Å². The van der Waals surface area contributed by atoms with E-state index in [4.69, 9.17) is 4.98 Å². The number of thiazole rings is 1. The Morgan fingerprint density at radius 2 is 1.90 bits per heavy atom. The molecule has 1 heterocycles. The van der Waals surface area contributed by atoms with Gasteiger partial charge in [-0.25, -0.2) is 4.98 Å². The Hall–Kier alpha value is -0.970. The first-order valence-corrected chi connectivity index (χ1v) is 8.44. The number of rotatable bonds is 6. The van der Waals surface area contributed by atoms with Gasteiger partial charge in [0.1, 0.15) is 0 Å². The monoisotopic (exact) mass is 306 g/mol. The number of para-hydroxylation sites is 1. The van der Waals surface area contributed by atoms with Crippen LogP contribution in [0.1, 0.15) is 45.5 Å². The Labute approximate surface area is 131 Å². The van der Waals surface area contributed by atoms with Gasteiger partial charge >= 0.3 is 0 Å². The molecule has 3 unspecified atom stereocenters. The van der Waals surface area contributed by atoms with Gasteiger partial charge in [-0.15, -0.1) is 11.3 Å². The Balaban J connectivity index is 2.03. The highest BCUT2D eigenvalue weighted by Gasteiger charge is 2.26. The van der Waals surface area contributed by atoms with Crippen LogP contribution < -0.4 is 5.32 Å². The second-order valence-corrected chi connectivity index (χ2v) is 7.55. The van der Waals surface area contributed by atoms with Crippen LogP contribution in [-0.4, -0.2) is 28.3 Å². The van der Waals surface area contributed by atoms with E-state index in [1.54, 1.807) is 11.3 Å². The van der Waals surface area contributed by atoms with Gasteiger partial charge in [0.25, 0.3) is 0 Å². The summed E-state index contributed by atoms with van der Waals surface area (Å²) in [6.45, 7) is 10.9. The zero-order valence-corrected chi connectivity index (χ0v) is 14.4. The van der Waals surface area contributed by atoms with Gasteiger partial charge in [-0.1, -0.05) is 32.9 Å². The van der Waals surface area contributed by atoms with Gasteiger partial charge in [0.15, 0.2) is 0 Å². The molecule has 0 aliphatic rings. The maximum atomic E-state index is 10.3. The summed E-state index contributed by atoms with van der Waals surface area (Å²) in [4.78, 5) is 4.73. The summed E-state index contributed by atoms with van der Waals surface area (Å²) in [5.41, 5.74) is 0.396. The molecule has 1 aromatic heterocycles. The van der Waals surface area contributed by atoms with Gasteiger partial charge in [-0.3, -0.25) is 0 Å². The molecule has 0 radical (unpaired) electrons. The predicted octanol–water partition coefficient (Wildman–Crippen LogP) is 3.78. The van der Waals surface area contributed by atoms with Crippen molar-refractivity contribution in [2.45, 2.75) is 52.2 Å². The molecule has 0 fully saturated rings. The van der Waals surface area contributed by atoms with E-state index < -0.39 is 5.60 Å². The molecular formula is C17H26N2OS. The highest BCUT2D eigenvalue weighted by atomic mass is 32.1. The second-order valence-electron chi connectivity index (χ2n) is 6.49. The molecule has 0 aliphatic carbocycles. The number of fused-ring (bicyclic) bond motifs is 1. The van der Waals surface area contributed by atoms with Gasteiger partial charge in [0.05, 0.1) is 20.8 Å². The van der Waals surface area contributed by atoms with Crippen LogP contribution in [0.15, 0.2) is 24.3 Å². The summed E-state index contributed by atoms with van der Waals surface area (Å²) in [6, 6.07) is 8.53. The molecule has 2 rings (SSSR count). The molecule has 0 saturated heterocycles. The Kier molecular flexibility index (Phi) is 5.02. The van der Waals surface area contributed by atoms with Crippen molar-refractivity contribution < 1.29 is 5.11 Å². The van der Waals surface area contributed by atoms with E-state index in [-0.39, 0.29) is 12.0 Å². The molecule has 1 aromatic carbocycles. The molecule has 2 aromatic rings. The third-order valence-electron chi connectivity index (χ3n) is 4.48. The minimum atomic E-state index is -0.679. The third-order valence-corrected chi connectivity index (χ3v) is 5.71. The Morgan fingerprint density at radius 3 is 2.52 bits per heavy atom. The topological polar surface area (TPSA) is 45.1 Å². The molecule has 4 heteroatoms. The van der Waals surface area contributed by atoms with E-state index in [9.17, 15) is 5.11 Å². The van der Waals surface area contributed by atoms with Crippen LogP contribution in [0.2, 0.25) is 0 Å². The van der Waals surface area contributed by atoms with Crippen LogP contribution in [0.4, 0.5) is 0 Å². The third kappa shape index (κ3) is 3.82. The average molecular weight is 306 g/mol. The molecule has 0 spiro atoms. The zero-order chi connectivity index (χ0) is 15.6. The Bertz CT molecular complexity index is 558. The zero-order valence-electron chi connectivity index (χ0n) is 13.6. The van der Waals surface area contributed by atoms with Gasteiger partial charge < -0.3 is 10.4 Å². The van der Waals surface area contributed by atoms with Crippen molar-refractivity contribution in [1.82, 2.24) is 10.3 Å². The molecular weight excluding hydrogens is 280 g/mol. The number of hydrogen-bond donors (Lipinski definition) is 2. The lowest BCUT2D eigenvalue weighted by atomic mass is 9.92. The summed E-state index contributed by atoms with van der Waals surface area (Å²) in [7, 11) is 0. The molecule has 21 heavy (non-hydrogen) atoms. The van der Waals surface area contributed by atoms with Crippen LogP contribution in [-0.2, 0) is 0 Å². The second kappa shape index (κ2) is 6.42. The summed E-state index contributed by atoms with van der Waals surface area (Å²) in [5, 5.41) is 14.9. The van der Waals surface area contributed by atoms with Crippen LogP contribution >= 0.6 is 11.3 Å². The standard InChI is InChI=1S/C17H26N2OS/c1-11(2)17(5,20)10-18-13(4)12(3)16-19-14-8-6-7-9-15(14)21-16/h6-9,11-13,18,20H,10H2,1-5H3. The molecule has 2 N–H and O–H groups in total. The molecule has 0 aliphatic heterocycles. The summed E-state index contributed by atoms with van der Waals surface area (Å²) < 4.78 is 1.24.